The third kappa shape index (κ3) is 3.37. The molecular formula is C20H21N3O4. The van der Waals surface area contributed by atoms with Gasteiger partial charge in [-0.05, 0) is 30.5 Å². The molecule has 2 bridgehead atoms. The highest BCUT2D eigenvalue weighted by Crippen LogP contribution is 2.36. The quantitative estimate of drug-likeness (QED) is 0.888. The Kier molecular flexibility index (Phi) is 4.51. The summed E-state index contributed by atoms with van der Waals surface area (Å²) in [4.78, 5) is 42.0. The van der Waals surface area contributed by atoms with E-state index in [1.54, 1.807) is 17.3 Å². The number of nitrogens with zero attached hydrogens (tertiary/aromatic N) is 3. The Morgan fingerprint density at radius 3 is 2.74 bits per heavy atom. The van der Waals surface area contributed by atoms with Crippen molar-refractivity contribution >= 4 is 11.9 Å². The number of pyridine rings is 2. The van der Waals surface area contributed by atoms with Crippen molar-refractivity contribution in [2.75, 3.05) is 13.1 Å². The first-order valence-corrected chi connectivity index (χ1v) is 9.16. The van der Waals surface area contributed by atoms with E-state index >= 15 is 0 Å². The molecule has 0 saturated carbocycles. The summed E-state index contributed by atoms with van der Waals surface area (Å²) >= 11 is 0. The van der Waals surface area contributed by atoms with Crippen LogP contribution >= 0.6 is 0 Å². The number of carboxylic acids is 1. The van der Waals surface area contributed by atoms with Crippen LogP contribution in [0.5, 0.6) is 0 Å². The van der Waals surface area contributed by atoms with Gasteiger partial charge in [-0.2, -0.15) is 0 Å². The third-order valence-corrected chi connectivity index (χ3v) is 5.48. The summed E-state index contributed by atoms with van der Waals surface area (Å²) in [6.45, 7) is 1.71. The Morgan fingerprint density at radius 1 is 1.15 bits per heavy atom. The van der Waals surface area contributed by atoms with E-state index in [1.165, 1.54) is 0 Å². The van der Waals surface area contributed by atoms with Crippen molar-refractivity contribution in [3.05, 3.63) is 52.7 Å². The first-order valence-electron chi connectivity index (χ1n) is 9.16. The molecule has 0 aliphatic carbocycles. The van der Waals surface area contributed by atoms with E-state index in [4.69, 9.17) is 5.11 Å². The van der Waals surface area contributed by atoms with E-state index in [-0.39, 0.29) is 36.1 Å². The number of amides is 1. The second kappa shape index (κ2) is 6.98. The summed E-state index contributed by atoms with van der Waals surface area (Å²) in [5, 5.41) is 8.79. The van der Waals surface area contributed by atoms with Crippen LogP contribution in [-0.2, 0) is 16.1 Å². The van der Waals surface area contributed by atoms with Crippen molar-refractivity contribution in [1.29, 1.82) is 0 Å². The second-order valence-electron chi connectivity index (χ2n) is 7.32. The molecule has 140 valence electrons. The lowest BCUT2D eigenvalue weighted by atomic mass is 9.82. The number of fused-ring (bicyclic) bond motifs is 4. The maximum Gasteiger partial charge on any atom is 0.303 e. The van der Waals surface area contributed by atoms with Crippen LogP contribution in [0.1, 0.15) is 30.9 Å². The fourth-order valence-electron chi connectivity index (χ4n) is 4.26. The number of carbonyl (C=O) groups is 2. The monoisotopic (exact) mass is 367 g/mol. The Balaban J connectivity index is 1.60. The number of rotatable bonds is 4. The van der Waals surface area contributed by atoms with Gasteiger partial charge in [0, 0.05) is 61.2 Å². The minimum Gasteiger partial charge on any atom is -0.481 e. The SMILES string of the molecule is O=C(O)CCC(=O)N1CC2CC(C1)c1ccc(-c3cccnc3)c(=O)n1C2. The molecule has 4 heterocycles. The highest BCUT2D eigenvalue weighted by molar-refractivity contribution is 5.81. The van der Waals surface area contributed by atoms with Gasteiger partial charge in [0.2, 0.25) is 5.91 Å². The number of aromatic nitrogens is 2. The van der Waals surface area contributed by atoms with Crippen LogP contribution in [0.25, 0.3) is 11.1 Å². The molecule has 4 rings (SSSR count). The van der Waals surface area contributed by atoms with Gasteiger partial charge in [-0.1, -0.05) is 6.07 Å². The summed E-state index contributed by atoms with van der Waals surface area (Å²) < 4.78 is 1.85. The van der Waals surface area contributed by atoms with Crippen molar-refractivity contribution in [2.45, 2.75) is 31.7 Å². The molecule has 1 N–H and O–H groups in total. The van der Waals surface area contributed by atoms with E-state index in [2.05, 4.69) is 4.98 Å². The molecule has 0 aromatic carbocycles. The van der Waals surface area contributed by atoms with Crippen molar-refractivity contribution < 1.29 is 14.7 Å². The van der Waals surface area contributed by atoms with Crippen LogP contribution in [0, 0.1) is 5.92 Å². The number of likely N-dealkylation sites (tertiary alicyclic amines) is 1. The summed E-state index contributed by atoms with van der Waals surface area (Å²) in [7, 11) is 0. The van der Waals surface area contributed by atoms with Crippen LogP contribution in [0.2, 0.25) is 0 Å². The zero-order valence-corrected chi connectivity index (χ0v) is 14.9. The van der Waals surface area contributed by atoms with E-state index < -0.39 is 5.97 Å². The fraction of sp³-hybridized carbons (Fsp3) is 0.400. The van der Waals surface area contributed by atoms with Crippen LogP contribution in [0.4, 0.5) is 0 Å². The summed E-state index contributed by atoms with van der Waals surface area (Å²) in [5.74, 6) is -0.746. The van der Waals surface area contributed by atoms with Gasteiger partial charge in [-0.3, -0.25) is 19.4 Å². The van der Waals surface area contributed by atoms with Gasteiger partial charge in [-0.15, -0.1) is 0 Å². The Labute approximate surface area is 156 Å². The standard InChI is InChI=1S/C20H21N3O4/c24-18(5-6-19(25)26)22-10-13-8-15(12-22)17-4-3-16(20(27)23(17)11-13)14-2-1-7-21-9-14/h1-4,7,9,13,15H,5-6,8,10-12H2,(H,25,26). The molecule has 1 fully saturated rings. The maximum absolute atomic E-state index is 13.0. The molecule has 2 aromatic rings. The van der Waals surface area contributed by atoms with Gasteiger partial charge in [0.25, 0.3) is 5.56 Å². The highest BCUT2D eigenvalue weighted by atomic mass is 16.4. The Bertz CT molecular complexity index is 938. The average molecular weight is 367 g/mol. The molecule has 2 aliphatic heterocycles. The van der Waals surface area contributed by atoms with E-state index in [9.17, 15) is 14.4 Å². The summed E-state index contributed by atoms with van der Waals surface area (Å²) in [6.07, 6.45) is 4.21. The molecule has 2 aromatic heterocycles. The van der Waals surface area contributed by atoms with E-state index in [1.807, 2.05) is 28.8 Å². The van der Waals surface area contributed by atoms with Crippen LogP contribution in [-0.4, -0.2) is 44.5 Å². The molecule has 0 radical (unpaired) electrons. The lowest BCUT2D eigenvalue weighted by molar-refractivity contribution is -0.141. The molecule has 2 unspecified atom stereocenters. The smallest absolute Gasteiger partial charge is 0.303 e. The minimum absolute atomic E-state index is 0.0131. The largest absolute Gasteiger partial charge is 0.481 e. The van der Waals surface area contributed by atoms with Crippen LogP contribution < -0.4 is 5.56 Å². The first kappa shape index (κ1) is 17.5. The van der Waals surface area contributed by atoms with Gasteiger partial charge >= 0.3 is 5.97 Å². The van der Waals surface area contributed by atoms with Gasteiger partial charge in [0.1, 0.15) is 0 Å². The highest BCUT2D eigenvalue weighted by Gasteiger charge is 2.36. The van der Waals surface area contributed by atoms with Gasteiger partial charge < -0.3 is 14.6 Å². The minimum atomic E-state index is -0.958. The maximum atomic E-state index is 13.0. The zero-order valence-electron chi connectivity index (χ0n) is 14.9. The number of hydrogen-bond acceptors (Lipinski definition) is 4. The first-order chi connectivity index (χ1) is 13.0. The number of carbonyl (C=O) groups excluding carboxylic acids is 1. The predicted molar refractivity (Wildman–Crippen MR) is 98.2 cm³/mol. The molecule has 2 atom stereocenters. The lowest BCUT2D eigenvalue weighted by Gasteiger charge is -2.43. The molecule has 7 heteroatoms. The number of piperidine rings is 1. The second-order valence-corrected chi connectivity index (χ2v) is 7.32. The Hall–Kier alpha value is -2.96. The number of hydrogen-bond donors (Lipinski definition) is 1. The Morgan fingerprint density at radius 2 is 2.00 bits per heavy atom. The summed E-state index contributed by atoms with van der Waals surface area (Å²) in [5.41, 5.74) is 2.39. The molecule has 7 nitrogen and oxygen atoms in total. The molecule has 1 saturated heterocycles. The average Bonchev–Trinajstić information content (AvgIpc) is 2.67. The van der Waals surface area contributed by atoms with Crippen molar-refractivity contribution in [3.8, 4) is 11.1 Å². The van der Waals surface area contributed by atoms with Crippen molar-refractivity contribution in [2.24, 2.45) is 5.92 Å². The third-order valence-electron chi connectivity index (χ3n) is 5.48. The normalized spacial score (nSPS) is 20.8. The van der Waals surface area contributed by atoms with Gasteiger partial charge in [-0.25, -0.2) is 0 Å². The predicted octanol–water partition coefficient (Wildman–Crippen LogP) is 1.72. The van der Waals surface area contributed by atoms with Gasteiger partial charge in [0.15, 0.2) is 0 Å². The fourth-order valence-corrected chi connectivity index (χ4v) is 4.26. The van der Waals surface area contributed by atoms with Crippen LogP contribution in [0.3, 0.4) is 0 Å². The molecule has 27 heavy (non-hydrogen) atoms. The van der Waals surface area contributed by atoms with Crippen molar-refractivity contribution in [3.63, 3.8) is 0 Å². The molecule has 1 amide bonds. The summed E-state index contributed by atoms with van der Waals surface area (Å²) in [6, 6.07) is 7.52. The topological polar surface area (TPSA) is 92.5 Å². The van der Waals surface area contributed by atoms with E-state index in [0.717, 1.165) is 17.7 Å². The number of aliphatic carboxylic acids is 1. The van der Waals surface area contributed by atoms with Crippen LogP contribution in [0.15, 0.2) is 41.5 Å². The van der Waals surface area contributed by atoms with Gasteiger partial charge in [0.05, 0.1) is 6.42 Å². The molecule has 2 aliphatic rings. The lowest BCUT2D eigenvalue weighted by Crippen LogP contribution is -2.49. The zero-order chi connectivity index (χ0) is 19.0. The van der Waals surface area contributed by atoms with E-state index in [0.29, 0.717) is 25.2 Å². The number of carboxylic acid groups (broad SMARTS) is 1. The van der Waals surface area contributed by atoms with Crippen molar-refractivity contribution in [1.82, 2.24) is 14.5 Å². The molecule has 0 spiro atoms. The molecular weight excluding hydrogens is 346 g/mol.